The SMILES string of the molecule is CC(=O)c1cc(NC(C)c2cccnc2)ccc1N. The number of pyridine rings is 1. The van der Waals surface area contributed by atoms with E-state index in [-0.39, 0.29) is 11.8 Å². The van der Waals surface area contributed by atoms with E-state index < -0.39 is 0 Å². The van der Waals surface area contributed by atoms with Crippen molar-refractivity contribution in [2.24, 2.45) is 0 Å². The lowest BCUT2D eigenvalue weighted by Gasteiger charge is -2.16. The minimum atomic E-state index is -0.0322. The number of rotatable bonds is 4. The predicted molar refractivity (Wildman–Crippen MR) is 77.1 cm³/mol. The van der Waals surface area contributed by atoms with Gasteiger partial charge in [0.2, 0.25) is 0 Å². The van der Waals surface area contributed by atoms with Gasteiger partial charge in [0, 0.05) is 29.3 Å². The molecule has 0 fully saturated rings. The molecule has 3 N–H and O–H groups in total. The second-order valence-corrected chi connectivity index (χ2v) is 4.51. The van der Waals surface area contributed by atoms with Gasteiger partial charge in [-0.2, -0.15) is 0 Å². The van der Waals surface area contributed by atoms with E-state index in [1.165, 1.54) is 6.92 Å². The molecule has 19 heavy (non-hydrogen) atoms. The highest BCUT2D eigenvalue weighted by atomic mass is 16.1. The van der Waals surface area contributed by atoms with Gasteiger partial charge in [-0.3, -0.25) is 9.78 Å². The number of anilines is 2. The highest BCUT2D eigenvalue weighted by Gasteiger charge is 2.09. The standard InChI is InChI=1S/C15H17N3O/c1-10(12-4-3-7-17-9-12)18-13-5-6-15(16)14(8-13)11(2)19/h3-10,18H,16H2,1-2H3. The molecule has 2 aromatic rings. The van der Waals surface area contributed by atoms with Crippen molar-refractivity contribution in [2.75, 3.05) is 11.1 Å². The average molecular weight is 255 g/mol. The second kappa shape index (κ2) is 5.52. The fraction of sp³-hybridized carbons (Fsp3) is 0.200. The van der Waals surface area contributed by atoms with Crippen molar-refractivity contribution in [3.05, 3.63) is 53.9 Å². The summed E-state index contributed by atoms with van der Waals surface area (Å²) in [4.78, 5) is 15.5. The van der Waals surface area contributed by atoms with Crippen LogP contribution in [0.5, 0.6) is 0 Å². The summed E-state index contributed by atoms with van der Waals surface area (Å²) in [7, 11) is 0. The highest BCUT2D eigenvalue weighted by Crippen LogP contribution is 2.22. The lowest BCUT2D eigenvalue weighted by atomic mass is 10.1. The molecule has 4 heteroatoms. The Morgan fingerprint density at radius 2 is 2.16 bits per heavy atom. The van der Waals surface area contributed by atoms with Crippen LogP contribution in [-0.4, -0.2) is 10.8 Å². The zero-order valence-electron chi connectivity index (χ0n) is 11.1. The second-order valence-electron chi connectivity index (χ2n) is 4.51. The molecule has 0 amide bonds. The van der Waals surface area contributed by atoms with Crippen molar-refractivity contribution >= 4 is 17.2 Å². The maximum absolute atomic E-state index is 11.5. The van der Waals surface area contributed by atoms with Crippen LogP contribution in [0.4, 0.5) is 11.4 Å². The van der Waals surface area contributed by atoms with Gasteiger partial charge in [-0.25, -0.2) is 0 Å². The van der Waals surface area contributed by atoms with E-state index in [9.17, 15) is 4.79 Å². The van der Waals surface area contributed by atoms with Crippen LogP contribution in [0.1, 0.15) is 35.8 Å². The van der Waals surface area contributed by atoms with Gasteiger partial charge in [-0.05, 0) is 43.7 Å². The van der Waals surface area contributed by atoms with Crippen LogP contribution in [-0.2, 0) is 0 Å². The number of hydrogen-bond donors (Lipinski definition) is 2. The maximum Gasteiger partial charge on any atom is 0.161 e. The molecule has 0 radical (unpaired) electrons. The van der Waals surface area contributed by atoms with Crippen LogP contribution < -0.4 is 11.1 Å². The van der Waals surface area contributed by atoms with Crippen molar-refractivity contribution in [3.8, 4) is 0 Å². The molecule has 0 bridgehead atoms. The van der Waals surface area contributed by atoms with Gasteiger partial charge in [-0.1, -0.05) is 6.07 Å². The summed E-state index contributed by atoms with van der Waals surface area (Å²) in [6.45, 7) is 3.56. The number of nitrogens with two attached hydrogens (primary N) is 1. The van der Waals surface area contributed by atoms with Crippen LogP contribution >= 0.6 is 0 Å². The van der Waals surface area contributed by atoms with Crippen molar-refractivity contribution < 1.29 is 4.79 Å². The van der Waals surface area contributed by atoms with Gasteiger partial charge in [0.25, 0.3) is 0 Å². The third-order valence-corrected chi connectivity index (χ3v) is 3.00. The predicted octanol–water partition coefficient (Wildman–Crippen LogP) is 3.04. The van der Waals surface area contributed by atoms with E-state index in [0.717, 1.165) is 11.3 Å². The van der Waals surface area contributed by atoms with Gasteiger partial charge < -0.3 is 11.1 Å². The van der Waals surface area contributed by atoms with Crippen molar-refractivity contribution in [1.82, 2.24) is 4.98 Å². The van der Waals surface area contributed by atoms with Gasteiger partial charge in [-0.15, -0.1) is 0 Å². The van der Waals surface area contributed by atoms with E-state index in [1.807, 2.05) is 31.3 Å². The van der Waals surface area contributed by atoms with E-state index >= 15 is 0 Å². The maximum atomic E-state index is 11.5. The van der Waals surface area contributed by atoms with Crippen LogP contribution in [0.15, 0.2) is 42.7 Å². The number of aromatic nitrogens is 1. The topological polar surface area (TPSA) is 68.0 Å². The summed E-state index contributed by atoms with van der Waals surface area (Å²) in [5.41, 5.74) is 8.78. The van der Waals surface area contributed by atoms with E-state index in [4.69, 9.17) is 5.73 Å². The molecule has 0 aliphatic heterocycles. The Hall–Kier alpha value is -2.36. The van der Waals surface area contributed by atoms with E-state index in [2.05, 4.69) is 10.3 Å². The molecule has 0 saturated heterocycles. The summed E-state index contributed by atoms with van der Waals surface area (Å²) in [6.07, 6.45) is 3.56. The molecule has 1 atom stereocenters. The fourth-order valence-corrected chi connectivity index (χ4v) is 1.92. The van der Waals surface area contributed by atoms with Gasteiger partial charge in [0.1, 0.15) is 0 Å². The molecular weight excluding hydrogens is 238 g/mol. The minimum Gasteiger partial charge on any atom is -0.398 e. The summed E-state index contributed by atoms with van der Waals surface area (Å²) in [5, 5.41) is 3.33. The lowest BCUT2D eigenvalue weighted by molar-refractivity contribution is 0.101. The van der Waals surface area contributed by atoms with Crippen LogP contribution in [0.2, 0.25) is 0 Å². The molecule has 98 valence electrons. The highest BCUT2D eigenvalue weighted by molar-refractivity contribution is 6.00. The smallest absolute Gasteiger partial charge is 0.161 e. The lowest BCUT2D eigenvalue weighted by Crippen LogP contribution is -2.08. The number of carbonyl (C=O) groups is 1. The first-order valence-electron chi connectivity index (χ1n) is 6.15. The van der Waals surface area contributed by atoms with E-state index in [0.29, 0.717) is 11.3 Å². The monoisotopic (exact) mass is 255 g/mol. The zero-order chi connectivity index (χ0) is 13.8. The number of nitrogens with one attached hydrogen (secondary N) is 1. The molecule has 2 rings (SSSR count). The molecule has 1 aromatic heterocycles. The fourth-order valence-electron chi connectivity index (χ4n) is 1.92. The number of hydrogen-bond acceptors (Lipinski definition) is 4. The van der Waals surface area contributed by atoms with Crippen LogP contribution in [0, 0.1) is 0 Å². The Kier molecular flexibility index (Phi) is 3.80. The Balaban J connectivity index is 2.20. The number of nitrogens with zero attached hydrogens (tertiary/aromatic N) is 1. The Morgan fingerprint density at radius 3 is 2.79 bits per heavy atom. The van der Waals surface area contributed by atoms with E-state index in [1.54, 1.807) is 18.3 Å². The zero-order valence-corrected chi connectivity index (χ0v) is 11.1. The Labute approximate surface area is 112 Å². The number of ketones is 1. The molecule has 0 spiro atoms. The molecule has 4 nitrogen and oxygen atoms in total. The normalized spacial score (nSPS) is 11.9. The molecule has 1 heterocycles. The number of carbonyl (C=O) groups excluding carboxylic acids is 1. The third kappa shape index (κ3) is 3.10. The Morgan fingerprint density at radius 1 is 1.37 bits per heavy atom. The van der Waals surface area contributed by atoms with Gasteiger partial charge in [0.15, 0.2) is 5.78 Å². The first-order chi connectivity index (χ1) is 9.08. The summed E-state index contributed by atoms with van der Waals surface area (Å²) in [5.74, 6) is -0.0322. The molecular formula is C15H17N3O. The first-order valence-corrected chi connectivity index (χ1v) is 6.15. The first kappa shape index (κ1) is 13.1. The van der Waals surface area contributed by atoms with Crippen molar-refractivity contribution in [3.63, 3.8) is 0 Å². The number of nitrogen functional groups attached to an aromatic ring is 1. The summed E-state index contributed by atoms with van der Waals surface area (Å²) in [6, 6.07) is 9.41. The molecule has 1 aromatic carbocycles. The number of benzene rings is 1. The Bertz CT molecular complexity index is 581. The molecule has 1 unspecified atom stereocenters. The van der Waals surface area contributed by atoms with Crippen LogP contribution in [0.25, 0.3) is 0 Å². The summed E-state index contributed by atoms with van der Waals surface area (Å²) >= 11 is 0. The van der Waals surface area contributed by atoms with Crippen molar-refractivity contribution in [1.29, 1.82) is 0 Å². The largest absolute Gasteiger partial charge is 0.398 e. The molecule has 0 aliphatic rings. The van der Waals surface area contributed by atoms with Crippen molar-refractivity contribution in [2.45, 2.75) is 19.9 Å². The van der Waals surface area contributed by atoms with Gasteiger partial charge >= 0.3 is 0 Å². The third-order valence-electron chi connectivity index (χ3n) is 3.00. The number of Topliss-reactive ketones (excluding diaryl/α,β-unsaturated/α-hetero) is 1. The average Bonchev–Trinajstić information content (AvgIpc) is 2.41. The van der Waals surface area contributed by atoms with Crippen LogP contribution in [0.3, 0.4) is 0 Å². The van der Waals surface area contributed by atoms with Gasteiger partial charge in [0.05, 0.1) is 6.04 Å². The summed E-state index contributed by atoms with van der Waals surface area (Å²) < 4.78 is 0. The molecule has 0 saturated carbocycles. The molecule has 0 aliphatic carbocycles. The minimum absolute atomic E-state index is 0.0322. The quantitative estimate of drug-likeness (QED) is 0.651.